The zero-order valence-electron chi connectivity index (χ0n) is 9.57. The average Bonchev–Trinajstić information content (AvgIpc) is 2.96. The molecule has 19 heavy (non-hydrogen) atoms. The average molecular weight is 302 g/mol. The topological polar surface area (TPSA) is 110 Å². The highest BCUT2D eigenvalue weighted by atomic mass is 32.2. The summed E-state index contributed by atoms with van der Waals surface area (Å²) >= 11 is 1.31. The number of hydrogen-bond acceptors (Lipinski definition) is 6. The van der Waals surface area contributed by atoms with Crippen molar-refractivity contribution >= 4 is 27.3 Å². The van der Waals surface area contributed by atoms with Crippen molar-refractivity contribution in [2.75, 3.05) is 0 Å². The summed E-state index contributed by atoms with van der Waals surface area (Å²) in [7, 11) is -3.53. The Morgan fingerprint density at radius 2 is 2.26 bits per heavy atom. The summed E-state index contributed by atoms with van der Waals surface area (Å²) in [4.78, 5) is 14.5. The van der Waals surface area contributed by atoms with Crippen LogP contribution in [0.3, 0.4) is 0 Å². The summed E-state index contributed by atoms with van der Waals surface area (Å²) in [6.07, 6.45) is 0. The standard InChI is InChI=1S/C10H10N2O5S2/c13-10(14)9-2-1-8(17-9)3-12-19(15,16)5-7-4-18-6-11-7/h1-2,4,6,12H,3,5H2,(H,13,14). The quantitative estimate of drug-likeness (QED) is 0.825. The van der Waals surface area contributed by atoms with E-state index in [9.17, 15) is 13.2 Å². The molecule has 0 radical (unpaired) electrons. The Morgan fingerprint density at radius 3 is 2.84 bits per heavy atom. The van der Waals surface area contributed by atoms with Gasteiger partial charge in [0, 0.05) is 5.38 Å². The van der Waals surface area contributed by atoms with Crippen LogP contribution in [-0.4, -0.2) is 24.5 Å². The Kier molecular flexibility index (Phi) is 3.98. The molecule has 0 aliphatic rings. The molecule has 2 rings (SSSR count). The van der Waals surface area contributed by atoms with E-state index in [1.807, 2.05) is 0 Å². The largest absolute Gasteiger partial charge is 0.475 e. The highest BCUT2D eigenvalue weighted by molar-refractivity contribution is 7.88. The number of carboxylic acid groups (broad SMARTS) is 1. The summed E-state index contributed by atoms with van der Waals surface area (Å²) in [5.74, 6) is -1.41. The molecule has 7 nitrogen and oxygen atoms in total. The van der Waals surface area contributed by atoms with Crippen LogP contribution in [0.25, 0.3) is 0 Å². The maximum atomic E-state index is 11.7. The van der Waals surface area contributed by atoms with Gasteiger partial charge < -0.3 is 9.52 Å². The first-order valence-electron chi connectivity index (χ1n) is 5.13. The van der Waals surface area contributed by atoms with Crippen molar-refractivity contribution in [2.24, 2.45) is 0 Å². The lowest BCUT2D eigenvalue weighted by molar-refractivity contribution is 0.0660. The van der Waals surface area contributed by atoms with E-state index in [0.29, 0.717) is 5.69 Å². The second kappa shape index (κ2) is 5.51. The summed E-state index contributed by atoms with van der Waals surface area (Å²) in [5, 5.41) is 10.3. The van der Waals surface area contributed by atoms with Crippen molar-refractivity contribution in [2.45, 2.75) is 12.3 Å². The van der Waals surface area contributed by atoms with Gasteiger partial charge in [-0.05, 0) is 12.1 Å². The number of rotatable bonds is 6. The van der Waals surface area contributed by atoms with Gasteiger partial charge in [-0.15, -0.1) is 11.3 Å². The first-order chi connectivity index (χ1) is 8.96. The number of aromatic nitrogens is 1. The van der Waals surface area contributed by atoms with Crippen molar-refractivity contribution in [1.82, 2.24) is 9.71 Å². The van der Waals surface area contributed by atoms with Crippen LogP contribution < -0.4 is 4.72 Å². The number of sulfonamides is 1. The monoisotopic (exact) mass is 302 g/mol. The molecule has 102 valence electrons. The number of carboxylic acids is 1. The van der Waals surface area contributed by atoms with E-state index in [2.05, 4.69) is 9.71 Å². The number of nitrogens with one attached hydrogen (secondary N) is 1. The van der Waals surface area contributed by atoms with Crippen molar-refractivity contribution in [3.8, 4) is 0 Å². The molecule has 2 aromatic heterocycles. The van der Waals surface area contributed by atoms with Gasteiger partial charge in [-0.2, -0.15) is 0 Å². The lowest BCUT2D eigenvalue weighted by atomic mass is 10.4. The lowest BCUT2D eigenvalue weighted by Gasteiger charge is -2.03. The Hall–Kier alpha value is -1.71. The molecule has 9 heteroatoms. The number of nitrogens with zero attached hydrogens (tertiary/aromatic N) is 1. The molecular formula is C10H10N2O5S2. The van der Waals surface area contributed by atoms with Gasteiger partial charge in [-0.1, -0.05) is 0 Å². The number of thiazole rings is 1. The SMILES string of the molecule is O=C(O)c1ccc(CNS(=O)(=O)Cc2cscn2)o1. The van der Waals surface area contributed by atoms with E-state index >= 15 is 0 Å². The maximum Gasteiger partial charge on any atom is 0.371 e. The molecule has 0 spiro atoms. The van der Waals surface area contributed by atoms with E-state index in [1.165, 1.54) is 23.5 Å². The number of aromatic carboxylic acids is 1. The van der Waals surface area contributed by atoms with E-state index in [0.717, 1.165) is 0 Å². The summed E-state index contributed by atoms with van der Waals surface area (Å²) in [6, 6.07) is 2.68. The molecule has 0 saturated heterocycles. The molecule has 0 amide bonds. The first-order valence-corrected chi connectivity index (χ1v) is 7.72. The summed E-state index contributed by atoms with van der Waals surface area (Å²) in [5.41, 5.74) is 2.01. The van der Waals surface area contributed by atoms with Crippen LogP contribution in [0.15, 0.2) is 27.4 Å². The van der Waals surface area contributed by atoms with Gasteiger partial charge in [-0.3, -0.25) is 0 Å². The third kappa shape index (κ3) is 3.88. The predicted octanol–water partition coefficient (Wildman–Crippen LogP) is 1.05. The molecular weight excluding hydrogens is 292 g/mol. The third-order valence-electron chi connectivity index (χ3n) is 2.16. The molecule has 0 saturated carbocycles. The Bertz CT molecular complexity index is 660. The van der Waals surface area contributed by atoms with Crippen LogP contribution in [0.4, 0.5) is 0 Å². The molecule has 0 aliphatic heterocycles. The van der Waals surface area contributed by atoms with Crippen LogP contribution >= 0.6 is 11.3 Å². The number of carbonyl (C=O) groups is 1. The van der Waals surface area contributed by atoms with Gasteiger partial charge in [0.1, 0.15) is 11.5 Å². The molecule has 0 bridgehead atoms. The molecule has 2 aromatic rings. The van der Waals surface area contributed by atoms with Crippen molar-refractivity contribution in [1.29, 1.82) is 0 Å². The Labute approximate surface area is 113 Å². The van der Waals surface area contributed by atoms with Crippen LogP contribution in [0, 0.1) is 0 Å². The second-order valence-corrected chi connectivity index (χ2v) is 6.16. The van der Waals surface area contributed by atoms with Gasteiger partial charge in [0.25, 0.3) is 0 Å². The highest BCUT2D eigenvalue weighted by Crippen LogP contribution is 2.09. The van der Waals surface area contributed by atoms with Crippen LogP contribution in [0.1, 0.15) is 22.0 Å². The van der Waals surface area contributed by atoms with E-state index in [1.54, 1.807) is 10.9 Å². The number of furan rings is 1. The van der Waals surface area contributed by atoms with Crippen molar-refractivity contribution < 1.29 is 22.7 Å². The second-order valence-electron chi connectivity index (χ2n) is 3.63. The molecule has 2 N–H and O–H groups in total. The normalized spacial score (nSPS) is 11.6. The number of hydrogen-bond donors (Lipinski definition) is 2. The first kappa shape index (κ1) is 13.7. The minimum absolute atomic E-state index is 0.0975. The fraction of sp³-hybridized carbons (Fsp3) is 0.200. The molecule has 0 aromatic carbocycles. The van der Waals surface area contributed by atoms with Gasteiger partial charge in [0.15, 0.2) is 0 Å². The fourth-order valence-corrected chi connectivity index (χ4v) is 3.00. The third-order valence-corrected chi connectivity index (χ3v) is 4.06. The van der Waals surface area contributed by atoms with Crippen molar-refractivity contribution in [3.63, 3.8) is 0 Å². The summed E-state index contributed by atoms with van der Waals surface area (Å²) < 4.78 is 30.7. The molecule has 0 fully saturated rings. The lowest BCUT2D eigenvalue weighted by Crippen LogP contribution is -2.24. The predicted molar refractivity (Wildman–Crippen MR) is 67.2 cm³/mol. The van der Waals surface area contributed by atoms with Crippen LogP contribution in [-0.2, 0) is 22.3 Å². The Morgan fingerprint density at radius 1 is 1.47 bits per heavy atom. The van der Waals surface area contributed by atoms with Crippen LogP contribution in [0.2, 0.25) is 0 Å². The maximum absolute atomic E-state index is 11.7. The Balaban J connectivity index is 1.95. The summed E-state index contributed by atoms with van der Waals surface area (Å²) in [6.45, 7) is -0.0975. The molecule has 0 unspecified atom stereocenters. The van der Waals surface area contributed by atoms with E-state index < -0.39 is 16.0 Å². The molecule has 2 heterocycles. The van der Waals surface area contributed by atoms with Crippen LogP contribution in [0.5, 0.6) is 0 Å². The van der Waals surface area contributed by atoms with Gasteiger partial charge in [0.2, 0.25) is 15.8 Å². The van der Waals surface area contributed by atoms with E-state index in [4.69, 9.17) is 9.52 Å². The minimum Gasteiger partial charge on any atom is -0.475 e. The van der Waals surface area contributed by atoms with Gasteiger partial charge >= 0.3 is 5.97 Å². The van der Waals surface area contributed by atoms with Gasteiger partial charge in [-0.25, -0.2) is 22.9 Å². The zero-order chi connectivity index (χ0) is 13.9. The highest BCUT2D eigenvalue weighted by Gasteiger charge is 2.15. The molecule has 0 aliphatic carbocycles. The minimum atomic E-state index is -3.53. The fourth-order valence-electron chi connectivity index (χ4n) is 1.32. The van der Waals surface area contributed by atoms with Gasteiger partial charge in [0.05, 0.1) is 17.7 Å². The smallest absolute Gasteiger partial charge is 0.371 e. The van der Waals surface area contributed by atoms with Crippen molar-refractivity contribution in [3.05, 3.63) is 40.2 Å². The van der Waals surface area contributed by atoms with E-state index in [-0.39, 0.29) is 23.8 Å². The zero-order valence-corrected chi connectivity index (χ0v) is 11.2. The molecule has 0 atom stereocenters.